The minimum atomic E-state index is -0.436. The Morgan fingerprint density at radius 2 is 1.74 bits per heavy atom. The average Bonchev–Trinajstić information content (AvgIpc) is 2.80. The van der Waals surface area contributed by atoms with Crippen molar-refractivity contribution in [3.05, 3.63) is 23.8 Å². The second-order valence-corrected chi connectivity index (χ2v) is 9.04. The molecule has 1 unspecified atom stereocenters. The Bertz CT molecular complexity index is 741. The highest BCUT2D eigenvalue weighted by atomic mass is 16.5. The summed E-state index contributed by atoms with van der Waals surface area (Å²) in [7, 11) is 3.20. The van der Waals surface area contributed by atoms with E-state index >= 15 is 0 Å². The number of esters is 1. The molecule has 1 amide bonds. The highest BCUT2D eigenvalue weighted by Crippen LogP contribution is 2.32. The Kier molecular flexibility index (Phi) is 8.61. The van der Waals surface area contributed by atoms with Crippen LogP contribution >= 0.6 is 0 Å². The van der Waals surface area contributed by atoms with Gasteiger partial charge in [0.15, 0.2) is 11.5 Å². The fraction of sp³-hybridized carbons (Fsp3) is 0.680. The lowest BCUT2D eigenvalue weighted by atomic mass is 9.81. The van der Waals surface area contributed by atoms with E-state index in [1.54, 1.807) is 19.1 Å². The number of hydrogen-bond acceptors (Lipinski definition) is 5. The van der Waals surface area contributed by atoms with Crippen LogP contribution in [0.1, 0.15) is 63.9 Å². The predicted octanol–water partition coefficient (Wildman–Crippen LogP) is 4.39. The molecule has 0 N–H and O–H groups in total. The summed E-state index contributed by atoms with van der Waals surface area (Å²) in [6.45, 7) is 3.24. The SMILES string of the molecule is COc1ccc(CCOC(=O)C2CCCCN2C(=O)CC2CCC(C)CC2)cc1OC. The van der Waals surface area contributed by atoms with Crippen molar-refractivity contribution in [1.29, 1.82) is 0 Å². The molecular formula is C25H37NO5. The van der Waals surface area contributed by atoms with Crippen LogP contribution in [-0.2, 0) is 20.7 Å². The third kappa shape index (κ3) is 6.37. The fourth-order valence-corrected chi connectivity index (χ4v) is 4.77. The second-order valence-electron chi connectivity index (χ2n) is 9.04. The summed E-state index contributed by atoms with van der Waals surface area (Å²) >= 11 is 0. The molecule has 0 radical (unpaired) electrons. The number of nitrogens with zero attached hydrogens (tertiary/aromatic N) is 1. The molecule has 0 bridgehead atoms. The smallest absolute Gasteiger partial charge is 0.328 e. The molecule has 1 aliphatic carbocycles. The van der Waals surface area contributed by atoms with Crippen LogP contribution in [-0.4, -0.2) is 50.2 Å². The number of hydrogen-bond donors (Lipinski definition) is 0. The van der Waals surface area contributed by atoms with E-state index in [4.69, 9.17) is 14.2 Å². The van der Waals surface area contributed by atoms with Crippen LogP contribution in [0.5, 0.6) is 11.5 Å². The van der Waals surface area contributed by atoms with Crippen LogP contribution < -0.4 is 9.47 Å². The molecule has 1 aliphatic heterocycles. The molecule has 1 atom stereocenters. The third-order valence-electron chi connectivity index (χ3n) is 6.78. The van der Waals surface area contributed by atoms with Crippen LogP contribution in [0.4, 0.5) is 0 Å². The van der Waals surface area contributed by atoms with E-state index in [1.165, 1.54) is 12.8 Å². The normalized spacial score (nSPS) is 23.8. The first-order valence-corrected chi connectivity index (χ1v) is 11.7. The van der Waals surface area contributed by atoms with Crippen molar-refractivity contribution in [3.8, 4) is 11.5 Å². The number of likely N-dealkylation sites (tertiary alicyclic amines) is 1. The largest absolute Gasteiger partial charge is 0.493 e. The fourth-order valence-electron chi connectivity index (χ4n) is 4.77. The van der Waals surface area contributed by atoms with Crippen molar-refractivity contribution < 1.29 is 23.8 Å². The topological polar surface area (TPSA) is 65.1 Å². The number of methoxy groups -OCH3 is 2. The summed E-state index contributed by atoms with van der Waals surface area (Å²) in [4.78, 5) is 27.6. The van der Waals surface area contributed by atoms with E-state index in [1.807, 2.05) is 18.2 Å². The number of benzene rings is 1. The van der Waals surface area contributed by atoms with Crippen molar-refractivity contribution >= 4 is 11.9 Å². The predicted molar refractivity (Wildman–Crippen MR) is 119 cm³/mol. The van der Waals surface area contributed by atoms with Gasteiger partial charge < -0.3 is 19.1 Å². The molecule has 2 fully saturated rings. The van der Waals surface area contributed by atoms with E-state index in [0.29, 0.717) is 43.2 Å². The van der Waals surface area contributed by atoms with Gasteiger partial charge >= 0.3 is 5.97 Å². The zero-order valence-electron chi connectivity index (χ0n) is 19.2. The number of piperidine rings is 1. The van der Waals surface area contributed by atoms with Gasteiger partial charge in [-0.1, -0.05) is 25.8 Å². The standard InChI is InChI=1S/C25H37NO5/c1-18-7-9-19(10-8-18)17-24(27)26-14-5-4-6-21(26)25(28)31-15-13-20-11-12-22(29-2)23(16-20)30-3/h11-12,16,18-19,21H,4-10,13-15,17H2,1-3H3. The van der Waals surface area contributed by atoms with Crippen LogP contribution in [0, 0.1) is 11.8 Å². The van der Waals surface area contributed by atoms with Crippen molar-refractivity contribution in [2.75, 3.05) is 27.4 Å². The summed E-state index contributed by atoms with van der Waals surface area (Å²) < 4.78 is 16.2. The van der Waals surface area contributed by atoms with Crippen molar-refractivity contribution in [2.24, 2.45) is 11.8 Å². The summed E-state index contributed by atoms with van der Waals surface area (Å²) in [6.07, 6.45) is 8.45. The van der Waals surface area contributed by atoms with E-state index in [-0.39, 0.29) is 18.5 Å². The maximum atomic E-state index is 13.0. The van der Waals surface area contributed by atoms with Gasteiger partial charge in [0.05, 0.1) is 20.8 Å². The molecule has 3 rings (SSSR count). The molecule has 1 saturated heterocycles. The molecule has 1 aromatic carbocycles. The summed E-state index contributed by atoms with van der Waals surface area (Å²) in [5.74, 6) is 2.42. The molecule has 1 aromatic rings. The van der Waals surface area contributed by atoms with Crippen molar-refractivity contribution in [1.82, 2.24) is 4.90 Å². The molecule has 1 heterocycles. The maximum Gasteiger partial charge on any atom is 0.328 e. The summed E-state index contributed by atoms with van der Waals surface area (Å²) in [5, 5.41) is 0. The Balaban J connectivity index is 1.51. The van der Waals surface area contributed by atoms with E-state index in [9.17, 15) is 9.59 Å². The minimum Gasteiger partial charge on any atom is -0.493 e. The highest BCUT2D eigenvalue weighted by Gasteiger charge is 2.34. The molecule has 0 aromatic heterocycles. The van der Waals surface area contributed by atoms with Crippen molar-refractivity contribution in [2.45, 2.75) is 70.8 Å². The molecule has 6 nitrogen and oxygen atoms in total. The van der Waals surface area contributed by atoms with Gasteiger partial charge in [0.2, 0.25) is 5.91 Å². The molecule has 2 aliphatic rings. The highest BCUT2D eigenvalue weighted by molar-refractivity contribution is 5.85. The number of carbonyl (C=O) groups excluding carboxylic acids is 2. The second kappa shape index (κ2) is 11.4. The monoisotopic (exact) mass is 431 g/mol. The first-order valence-electron chi connectivity index (χ1n) is 11.7. The third-order valence-corrected chi connectivity index (χ3v) is 6.78. The van der Waals surface area contributed by atoms with Gasteiger partial charge in [-0.05, 0) is 61.6 Å². The van der Waals surface area contributed by atoms with Gasteiger partial charge in [-0.25, -0.2) is 4.79 Å². The molecule has 172 valence electrons. The number of ether oxygens (including phenoxy) is 3. The molecule has 31 heavy (non-hydrogen) atoms. The Hall–Kier alpha value is -2.24. The van der Waals surface area contributed by atoms with Gasteiger partial charge in [0.1, 0.15) is 6.04 Å². The number of rotatable bonds is 8. The van der Waals surface area contributed by atoms with Gasteiger partial charge in [-0.3, -0.25) is 4.79 Å². The number of carbonyl (C=O) groups is 2. The minimum absolute atomic E-state index is 0.126. The molecule has 1 saturated carbocycles. The average molecular weight is 432 g/mol. The van der Waals surface area contributed by atoms with Gasteiger partial charge in [-0.2, -0.15) is 0 Å². The summed E-state index contributed by atoms with van der Waals surface area (Å²) in [5.41, 5.74) is 1.01. The van der Waals surface area contributed by atoms with Crippen LogP contribution in [0.3, 0.4) is 0 Å². The lowest BCUT2D eigenvalue weighted by Crippen LogP contribution is -2.49. The molecular weight excluding hydrogens is 394 g/mol. The first-order chi connectivity index (χ1) is 15.0. The van der Waals surface area contributed by atoms with Crippen LogP contribution in [0.15, 0.2) is 18.2 Å². The Morgan fingerprint density at radius 3 is 2.45 bits per heavy atom. The Morgan fingerprint density at radius 1 is 1.00 bits per heavy atom. The molecule has 0 spiro atoms. The lowest BCUT2D eigenvalue weighted by molar-refractivity contribution is -0.157. The molecule has 6 heteroatoms. The van der Waals surface area contributed by atoms with E-state index in [0.717, 1.165) is 37.2 Å². The van der Waals surface area contributed by atoms with Crippen LogP contribution in [0.2, 0.25) is 0 Å². The Labute approximate surface area is 186 Å². The van der Waals surface area contributed by atoms with Crippen molar-refractivity contribution in [3.63, 3.8) is 0 Å². The van der Waals surface area contributed by atoms with Gasteiger partial charge in [0.25, 0.3) is 0 Å². The van der Waals surface area contributed by atoms with Crippen LogP contribution in [0.25, 0.3) is 0 Å². The van der Waals surface area contributed by atoms with Gasteiger partial charge in [-0.15, -0.1) is 0 Å². The zero-order valence-corrected chi connectivity index (χ0v) is 19.2. The van der Waals surface area contributed by atoms with E-state index < -0.39 is 6.04 Å². The lowest BCUT2D eigenvalue weighted by Gasteiger charge is -2.35. The number of amides is 1. The van der Waals surface area contributed by atoms with E-state index in [2.05, 4.69) is 6.92 Å². The maximum absolute atomic E-state index is 13.0. The van der Waals surface area contributed by atoms with Gasteiger partial charge in [0, 0.05) is 19.4 Å². The quantitative estimate of drug-likeness (QED) is 0.571. The first kappa shape index (κ1) is 23.4. The summed E-state index contributed by atoms with van der Waals surface area (Å²) in [6, 6.07) is 5.25. The zero-order chi connectivity index (χ0) is 22.2.